The van der Waals surface area contributed by atoms with Crippen molar-refractivity contribution in [3.8, 4) is 11.5 Å². The van der Waals surface area contributed by atoms with Crippen molar-refractivity contribution < 1.29 is 26.3 Å². The van der Waals surface area contributed by atoms with Crippen LogP contribution in [0.25, 0.3) is 0 Å². The van der Waals surface area contributed by atoms with Gasteiger partial charge in [-0.1, -0.05) is 12.1 Å². The number of ether oxygens (including phenoxy) is 2. The van der Waals surface area contributed by atoms with Gasteiger partial charge < -0.3 is 14.8 Å². The maximum atomic E-state index is 12.5. The molecule has 1 aliphatic heterocycles. The number of nitrogens with one attached hydrogen (secondary N) is 2. The Morgan fingerprint density at radius 3 is 1.65 bits per heavy atom. The summed E-state index contributed by atoms with van der Waals surface area (Å²) in [5.74, 6) is 0.662. The molecule has 3 rings (SSSR count). The molecule has 1 heterocycles. The molecule has 0 fully saturated rings. The third kappa shape index (κ3) is 4.52. The molecule has 4 bridgehead atoms. The van der Waals surface area contributed by atoms with Crippen molar-refractivity contribution >= 4 is 20.0 Å². The van der Waals surface area contributed by atoms with Crippen LogP contribution in [0, 0.1) is 0 Å². The lowest BCUT2D eigenvalue weighted by Crippen LogP contribution is -2.31. The van der Waals surface area contributed by atoms with Crippen LogP contribution >= 0.6 is 0 Å². The summed E-state index contributed by atoms with van der Waals surface area (Å²) in [7, 11) is -8.60. The first-order valence-electron chi connectivity index (χ1n) is 7.82. The lowest BCUT2D eigenvalue weighted by molar-refractivity contribution is 0.288. The van der Waals surface area contributed by atoms with Gasteiger partial charge in [0.2, 0.25) is 0 Å². The fraction of sp³-hybridized carbons (Fsp3) is 0.250. The highest BCUT2D eigenvalue weighted by Crippen LogP contribution is 2.21. The summed E-state index contributed by atoms with van der Waals surface area (Å²) < 4.78 is 62.6. The summed E-state index contributed by atoms with van der Waals surface area (Å²) >= 11 is 0. The molecule has 0 saturated heterocycles. The van der Waals surface area contributed by atoms with Gasteiger partial charge in [-0.05, 0) is 24.3 Å². The van der Waals surface area contributed by atoms with E-state index in [-0.39, 0.29) is 9.79 Å². The van der Waals surface area contributed by atoms with Crippen molar-refractivity contribution in [2.75, 3.05) is 26.3 Å². The largest absolute Gasteiger partial charge is 0.492 e. The average molecular weight is 398 g/mol. The third-order valence-corrected chi connectivity index (χ3v) is 7.05. The summed E-state index contributed by atoms with van der Waals surface area (Å²) in [5.41, 5.74) is 0. The number of hydrogen-bond donors (Lipinski definition) is 2. The number of benzene rings is 2. The predicted molar refractivity (Wildman–Crippen MR) is 94.3 cm³/mol. The maximum Gasteiger partial charge on any atom is 0.253 e. The van der Waals surface area contributed by atoms with E-state index in [0.29, 0.717) is 37.8 Å². The van der Waals surface area contributed by atoms with Gasteiger partial charge >= 0.3 is 0 Å². The minimum Gasteiger partial charge on any atom is -0.492 e. The summed E-state index contributed by atoms with van der Waals surface area (Å²) in [5, 5.41) is 3.12. The van der Waals surface area contributed by atoms with Gasteiger partial charge in [-0.3, -0.25) is 0 Å². The minimum absolute atomic E-state index is 0.203. The van der Waals surface area contributed by atoms with E-state index in [1.54, 1.807) is 16.3 Å². The number of rotatable bonds is 0. The van der Waals surface area contributed by atoms with Gasteiger partial charge in [-0.15, -0.1) is 4.13 Å². The van der Waals surface area contributed by atoms with Crippen molar-refractivity contribution in [1.29, 1.82) is 0 Å². The Kier molecular flexibility index (Phi) is 5.47. The SMILES string of the molecule is O=S1(=O)NS(=O)(=O)c2cccc(c2)OCCNCCOc2cccc1c2. The Balaban J connectivity index is 2.00. The zero-order chi connectivity index (χ0) is 18.6. The zero-order valence-electron chi connectivity index (χ0n) is 13.7. The van der Waals surface area contributed by atoms with Crippen LogP contribution in [0.2, 0.25) is 0 Å². The molecule has 0 atom stereocenters. The molecule has 0 aliphatic carbocycles. The summed E-state index contributed by atoms with van der Waals surface area (Å²) in [6.07, 6.45) is 0. The van der Waals surface area contributed by atoms with Crippen LogP contribution in [0.3, 0.4) is 0 Å². The van der Waals surface area contributed by atoms with Crippen LogP contribution in [0.15, 0.2) is 58.3 Å². The van der Waals surface area contributed by atoms with Gasteiger partial charge in [0.25, 0.3) is 20.0 Å². The second-order valence-corrected chi connectivity index (χ2v) is 9.11. The zero-order valence-corrected chi connectivity index (χ0v) is 15.3. The van der Waals surface area contributed by atoms with Gasteiger partial charge in [0.05, 0.1) is 9.79 Å². The molecule has 8 nitrogen and oxygen atoms in total. The molecular formula is C16H18N2O6S2. The van der Waals surface area contributed by atoms with Crippen LogP contribution in [-0.4, -0.2) is 43.1 Å². The van der Waals surface area contributed by atoms with E-state index >= 15 is 0 Å². The molecule has 0 saturated carbocycles. The van der Waals surface area contributed by atoms with Crippen LogP contribution in [-0.2, 0) is 20.0 Å². The van der Waals surface area contributed by atoms with Crippen LogP contribution < -0.4 is 18.9 Å². The molecule has 1 aliphatic rings. The Bertz CT molecular complexity index is 910. The second kappa shape index (κ2) is 7.62. The van der Waals surface area contributed by atoms with Crippen molar-refractivity contribution in [2.24, 2.45) is 0 Å². The van der Waals surface area contributed by atoms with Crippen molar-refractivity contribution in [3.63, 3.8) is 0 Å². The number of sulfonamides is 2. The predicted octanol–water partition coefficient (Wildman–Crippen LogP) is 0.715. The van der Waals surface area contributed by atoms with Crippen LogP contribution in [0.5, 0.6) is 11.5 Å². The molecule has 26 heavy (non-hydrogen) atoms. The molecule has 0 unspecified atom stereocenters. The lowest BCUT2D eigenvalue weighted by Gasteiger charge is -2.13. The van der Waals surface area contributed by atoms with Gasteiger partial charge in [-0.2, -0.15) is 0 Å². The van der Waals surface area contributed by atoms with Crippen molar-refractivity contribution in [3.05, 3.63) is 48.5 Å². The van der Waals surface area contributed by atoms with E-state index < -0.39 is 20.0 Å². The van der Waals surface area contributed by atoms with Crippen LogP contribution in [0.1, 0.15) is 0 Å². The lowest BCUT2D eigenvalue weighted by atomic mass is 10.3. The Labute approximate surface area is 152 Å². The second-order valence-electron chi connectivity index (χ2n) is 5.49. The molecule has 0 amide bonds. The highest BCUT2D eigenvalue weighted by molar-refractivity contribution is 8.04. The summed E-state index contributed by atoms with van der Waals surface area (Å²) in [6.45, 7) is 1.75. The summed E-state index contributed by atoms with van der Waals surface area (Å²) in [4.78, 5) is -0.405. The van der Waals surface area contributed by atoms with Crippen molar-refractivity contribution in [1.82, 2.24) is 9.44 Å². The summed E-state index contributed by atoms with van der Waals surface area (Å²) in [6, 6.07) is 11.3. The van der Waals surface area contributed by atoms with Crippen LogP contribution in [0.4, 0.5) is 0 Å². The smallest absolute Gasteiger partial charge is 0.253 e. The van der Waals surface area contributed by atoms with E-state index in [4.69, 9.17) is 9.47 Å². The Morgan fingerprint density at radius 1 is 0.731 bits per heavy atom. The highest BCUT2D eigenvalue weighted by Gasteiger charge is 2.25. The standard InChI is InChI=1S/C16H18N2O6S2/c19-25(20)15-5-1-3-13(11-15)23-9-7-17-8-10-24-14-4-2-6-16(12-14)26(21,22)18-25/h1-6,11-12,17-18H,7-10H2. The molecular weight excluding hydrogens is 380 g/mol. The van der Waals surface area contributed by atoms with E-state index in [2.05, 4.69) is 5.32 Å². The fourth-order valence-corrected chi connectivity index (χ4v) is 5.29. The average Bonchev–Trinajstić information content (AvgIpc) is 2.60. The monoisotopic (exact) mass is 398 g/mol. The molecule has 10 heteroatoms. The molecule has 140 valence electrons. The maximum absolute atomic E-state index is 12.5. The molecule has 0 spiro atoms. The Morgan fingerprint density at radius 2 is 1.19 bits per heavy atom. The molecule has 0 aromatic heterocycles. The minimum atomic E-state index is -4.30. The first-order chi connectivity index (χ1) is 12.4. The normalized spacial score (nSPS) is 19.7. The fourth-order valence-electron chi connectivity index (χ4n) is 2.31. The quantitative estimate of drug-likeness (QED) is 0.672. The van der Waals surface area contributed by atoms with Gasteiger partial charge in [0.15, 0.2) is 0 Å². The molecule has 2 aromatic carbocycles. The number of fused-ring (bicyclic) bond motifs is 4. The Hall–Kier alpha value is -2.14. The van der Waals surface area contributed by atoms with E-state index in [1.807, 2.05) is 0 Å². The van der Waals surface area contributed by atoms with Gasteiger partial charge in [0.1, 0.15) is 24.7 Å². The van der Waals surface area contributed by atoms with Gasteiger partial charge in [0, 0.05) is 25.2 Å². The third-order valence-electron chi connectivity index (χ3n) is 3.55. The first-order valence-corrected chi connectivity index (χ1v) is 10.8. The highest BCUT2D eigenvalue weighted by atomic mass is 32.3. The topological polar surface area (TPSA) is 111 Å². The van der Waals surface area contributed by atoms with Gasteiger partial charge in [-0.25, -0.2) is 16.8 Å². The molecule has 2 aromatic rings. The molecule has 2 N–H and O–H groups in total. The first kappa shape index (κ1) is 18.6. The van der Waals surface area contributed by atoms with E-state index in [0.717, 1.165) is 0 Å². The van der Waals surface area contributed by atoms with E-state index in [1.165, 1.54) is 36.4 Å². The van der Waals surface area contributed by atoms with Crippen molar-refractivity contribution in [2.45, 2.75) is 9.79 Å². The van der Waals surface area contributed by atoms with E-state index in [9.17, 15) is 16.8 Å². The molecule has 0 radical (unpaired) electrons. The number of hydrogen-bond acceptors (Lipinski definition) is 7.